The molecule has 2 unspecified atom stereocenters. The lowest BCUT2D eigenvalue weighted by Gasteiger charge is -2.40. The molecule has 0 bridgehead atoms. The van der Waals surface area contributed by atoms with Gasteiger partial charge in [0, 0.05) is 38.8 Å². The summed E-state index contributed by atoms with van der Waals surface area (Å²) in [6.45, 7) is 8.51. The molecule has 1 aliphatic heterocycles. The maximum Gasteiger partial charge on any atom is 0.234 e. The summed E-state index contributed by atoms with van der Waals surface area (Å²) in [6, 6.07) is 0.325. The highest BCUT2D eigenvalue weighted by molar-refractivity contribution is 5.79. The smallest absolute Gasteiger partial charge is 0.234 e. The number of piperazine rings is 1. The van der Waals surface area contributed by atoms with Crippen LogP contribution >= 0.6 is 0 Å². The Bertz CT molecular complexity index is 222. The Morgan fingerprint density at radius 3 is 2.12 bits per heavy atom. The largest absolute Gasteiger partial charge is 0.368 e. The molecule has 0 aromatic rings. The average Bonchev–Trinajstić information content (AvgIpc) is 2.30. The molecular formula is C11H24N4O. The third-order valence-electron chi connectivity index (χ3n) is 3.57. The summed E-state index contributed by atoms with van der Waals surface area (Å²) in [4.78, 5) is 15.6. The van der Waals surface area contributed by atoms with Crippen LogP contribution in [0.15, 0.2) is 0 Å². The summed E-state index contributed by atoms with van der Waals surface area (Å²) in [7, 11) is 0. The van der Waals surface area contributed by atoms with Crippen molar-refractivity contribution in [2.45, 2.75) is 32.4 Å². The Balaban J connectivity index is 2.41. The minimum atomic E-state index is -0.237. The molecule has 1 saturated heterocycles. The first kappa shape index (κ1) is 13.4. The molecule has 0 aromatic heterocycles. The molecule has 1 fully saturated rings. The number of rotatable bonds is 5. The molecule has 2 atom stereocenters. The Morgan fingerprint density at radius 1 is 1.25 bits per heavy atom. The van der Waals surface area contributed by atoms with Gasteiger partial charge in [-0.2, -0.15) is 0 Å². The molecule has 4 N–H and O–H groups in total. The number of carbonyl (C=O) groups excluding carboxylic acids is 1. The Labute approximate surface area is 97.7 Å². The second kappa shape index (κ2) is 6.18. The van der Waals surface area contributed by atoms with Gasteiger partial charge in [-0.3, -0.25) is 14.6 Å². The van der Waals surface area contributed by atoms with Gasteiger partial charge in [0.25, 0.3) is 0 Å². The van der Waals surface area contributed by atoms with Crippen molar-refractivity contribution in [2.24, 2.45) is 11.5 Å². The lowest BCUT2D eigenvalue weighted by Crippen LogP contribution is -2.56. The summed E-state index contributed by atoms with van der Waals surface area (Å²) < 4.78 is 0. The van der Waals surface area contributed by atoms with Gasteiger partial charge < -0.3 is 11.5 Å². The van der Waals surface area contributed by atoms with Gasteiger partial charge >= 0.3 is 0 Å². The first-order valence-electron chi connectivity index (χ1n) is 6.07. The van der Waals surface area contributed by atoms with Gasteiger partial charge in [0.1, 0.15) is 0 Å². The minimum Gasteiger partial charge on any atom is -0.368 e. The van der Waals surface area contributed by atoms with Crippen LogP contribution in [-0.2, 0) is 4.79 Å². The van der Waals surface area contributed by atoms with E-state index >= 15 is 0 Å². The first-order valence-corrected chi connectivity index (χ1v) is 6.07. The number of amides is 1. The number of nitrogens with two attached hydrogens (primary N) is 2. The summed E-state index contributed by atoms with van der Waals surface area (Å²) in [5.74, 6) is -0.237. The van der Waals surface area contributed by atoms with Gasteiger partial charge in [-0.1, -0.05) is 6.92 Å². The zero-order valence-corrected chi connectivity index (χ0v) is 10.4. The third kappa shape index (κ3) is 3.17. The van der Waals surface area contributed by atoms with E-state index in [9.17, 15) is 4.79 Å². The topological polar surface area (TPSA) is 75.6 Å². The second-order valence-electron chi connectivity index (χ2n) is 4.45. The number of hydrogen-bond acceptors (Lipinski definition) is 4. The van der Waals surface area contributed by atoms with Crippen molar-refractivity contribution >= 4 is 5.91 Å². The van der Waals surface area contributed by atoms with Crippen molar-refractivity contribution in [3.63, 3.8) is 0 Å². The van der Waals surface area contributed by atoms with E-state index in [0.29, 0.717) is 12.6 Å². The number of carbonyl (C=O) groups is 1. The Morgan fingerprint density at radius 2 is 1.75 bits per heavy atom. The molecule has 0 aromatic carbocycles. The molecule has 5 nitrogen and oxygen atoms in total. The van der Waals surface area contributed by atoms with Crippen LogP contribution in [0.4, 0.5) is 0 Å². The predicted molar refractivity (Wildman–Crippen MR) is 64.9 cm³/mol. The van der Waals surface area contributed by atoms with Crippen LogP contribution in [0.3, 0.4) is 0 Å². The van der Waals surface area contributed by atoms with Gasteiger partial charge in [0.05, 0.1) is 6.04 Å². The lowest BCUT2D eigenvalue weighted by atomic mass is 10.1. The molecule has 0 spiro atoms. The van der Waals surface area contributed by atoms with Crippen molar-refractivity contribution < 1.29 is 4.79 Å². The fourth-order valence-electron chi connectivity index (χ4n) is 2.24. The Hall–Kier alpha value is -0.650. The molecule has 5 heteroatoms. The maximum atomic E-state index is 11.1. The quantitative estimate of drug-likeness (QED) is 0.647. The predicted octanol–water partition coefficient (Wildman–Crippen LogP) is -0.785. The van der Waals surface area contributed by atoms with Gasteiger partial charge in [-0.05, 0) is 13.3 Å². The standard InChI is InChI=1S/C11H24N4O/c1-3-10(8-12)15-6-4-14(5-7-15)9(2)11(13)16/h9-10H,3-8,12H2,1-2H3,(H2,13,16). The minimum absolute atomic E-state index is 0.153. The SMILES string of the molecule is CCC(CN)N1CCN(C(C)C(N)=O)CC1. The molecule has 94 valence electrons. The molecule has 1 rings (SSSR count). The number of primary amides is 1. The van der Waals surface area contributed by atoms with E-state index in [1.165, 1.54) is 0 Å². The zero-order chi connectivity index (χ0) is 12.1. The van der Waals surface area contributed by atoms with E-state index in [2.05, 4.69) is 16.7 Å². The molecule has 1 aliphatic rings. The maximum absolute atomic E-state index is 11.1. The molecule has 0 saturated carbocycles. The highest BCUT2D eigenvalue weighted by Crippen LogP contribution is 2.10. The van der Waals surface area contributed by atoms with Gasteiger partial charge in [-0.25, -0.2) is 0 Å². The summed E-state index contributed by atoms with van der Waals surface area (Å²) in [6.07, 6.45) is 1.09. The fraction of sp³-hybridized carbons (Fsp3) is 0.909. The van der Waals surface area contributed by atoms with Crippen molar-refractivity contribution in [3.8, 4) is 0 Å². The van der Waals surface area contributed by atoms with Crippen LogP contribution in [0, 0.1) is 0 Å². The van der Waals surface area contributed by atoms with Crippen LogP contribution in [-0.4, -0.2) is 60.5 Å². The fourth-order valence-corrected chi connectivity index (χ4v) is 2.24. The van der Waals surface area contributed by atoms with E-state index in [1.54, 1.807) is 0 Å². The molecule has 0 radical (unpaired) electrons. The van der Waals surface area contributed by atoms with Gasteiger partial charge in [-0.15, -0.1) is 0 Å². The van der Waals surface area contributed by atoms with E-state index in [4.69, 9.17) is 11.5 Å². The number of nitrogens with zero attached hydrogens (tertiary/aromatic N) is 2. The van der Waals surface area contributed by atoms with Crippen LogP contribution in [0.1, 0.15) is 20.3 Å². The van der Waals surface area contributed by atoms with Crippen LogP contribution in [0.2, 0.25) is 0 Å². The van der Waals surface area contributed by atoms with Gasteiger partial charge in [0.15, 0.2) is 0 Å². The van der Waals surface area contributed by atoms with Crippen LogP contribution in [0.5, 0.6) is 0 Å². The van der Waals surface area contributed by atoms with Crippen molar-refractivity contribution in [1.82, 2.24) is 9.80 Å². The lowest BCUT2D eigenvalue weighted by molar-refractivity contribution is -0.123. The van der Waals surface area contributed by atoms with Crippen molar-refractivity contribution in [3.05, 3.63) is 0 Å². The van der Waals surface area contributed by atoms with Crippen molar-refractivity contribution in [2.75, 3.05) is 32.7 Å². The highest BCUT2D eigenvalue weighted by Gasteiger charge is 2.26. The molecule has 16 heavy (non-hydrogen) atoms. The van der Waals surface area contributed by atoms with E-state index in [1.807, 2.05) is 6.92 Å². The van der Waals surface area contributed by atoms with Crippen LogP contribution < -0.4 is 11.5 Å². The molecular weight excluding hydrogens is 204 g/mol. The third-order valence-corrected chi connectivity index (χ3v) is 3.57. The van der Waals surface area contributed by atoms with E-state index in [-0.39, 0.29) is 11.9 Å². The summed E-state index contributed by atoms with van der Waals surface area (Å²) in [5.41, 5.74) is 11.0. The first-order chi connectivity index (χ1) is 7.60. The molecule has 1 heterocycles. The second-order valence-corrected chi connectivity index (χ2v) is 4.45. The van der Waals surface area contributed by atoms with E-state index < -0.39 is 0 Å². The summed E-state index contributed by atoms with van der Waals surface area (Å²) in [5, 5.41) is 0. The Kier molecular flexibility index (Phi) is 5.18. The summed E-state index contributed by atoms with van der Waals surface area (Å²) >= 11 is 0. The number of hydrogen-bond donors (Lipinski definition) is 2. The van der Waals surface area contributed by atoms with Gasteiger partial charge in [0.2, 0.25) is 5.91 Å². The monoisotopic (exact) mass is 228 g/mol. The van der Waals surface area contributed by atoms with E-state index in [0.717, 1.165) is 32.6 Å². The highest BCUT2D eigenvalue weighted by atomic mass is 16.1. The average molecular weight is 228 g/mol. The zero-order valence-electron chi connectivity index (χ0n) is 10.4. The van der Waals surface area contributed by atoms with Crippen molar-refractivity contribution in [1.29, 1.82) is 0 Å². The normalized spacial score (nSPS) is 22.9. The molecule has 1 amide bonds. The van der Waals surface area contributed by atoms with Crippen LogP contribution in [0.25, 0.3) is 0 Å². The molecule has 0 aliphatic carbocycles.